The molecule has 0 amide bonds. The second kappa shape index (κ2) is 4.99. The summed E-state index contributed by atoms with van der Waals surface area (Å²) in [6.07, 6.45) is 1.93. The molecule has 0 atom stereocenters. The molecule has 1 aromatic carbocycles. The molecule has 114 valence electrons. The fraction of sp³-hybridized carbons (Fsp3) is 0.235. The van der Waals surface area contributed by atoms with Crippen LogP contribution >= 0.6 is 11.6 Å². The van der Waals surface area contributed by atoms with Gasteiger partial charge in [0.2, 0.25) is 5.88 Å². The first kappa shape index (κ1) is 14.9. The van der Waals surface area contributed by atoms with Gasteiger partial charge in [-0.2, -0.15) is 0 Å². The molecule has 2 heterocycles. The van der Waals surface area contributed by atoms with Crippen molar-refractivity contribution in [3.63, 3.8) is 0 Å². The van der Waals surface area contributed by atoms with Crippen molar-refractivity contribution in [2.45, 2.75) is 26.2 Å². The molecule has 0 fully saturated rings. The maximum Gasteiger partial charge on any atom is 0.211 e. The average molecular weight is 319 g/mol. The Labute approximate surface area is 133 Å². The molecule has 2 aromatic heterocycles. The molecule has 0 spiro atoms. The smallest absolute Gasteiger partial charge is 0.211 e. The summed E-state index contributed by atoms with van der Waals surface area (Å²) in [7, 11) is 0. The molecule has 22 heavy (non-hydrogen) atoms. The van der Waals surface area contributed by atoms with Crippen LogP contribution in [0.2, 0.25) is 5.02 Å². The van der Waals surface area contributed by atoms with E-state index in [1.165, 1.54) is 18.2 Å². The van der Waals surface area contributed by atoms with Crippen LogP contribution in [0.3, 0.4) is 0 Å². The highest BCUT2D eigenvalue weighted by Gasteiger charge is 2.22. The molecule has 5 heteroatoms. The quantitative estimate of drug-likeness (QED) is 0.698. The molecule has 0 unspecified atom stereocenters. The number of aromatic nitrogens is 2. The molecule has 0 bridgehead atoms. The molecule has 3 aromatic rings. The third-order valence-electron chi connectivity index (χ3n) is 3.62. The molecule has 0 aliphatic heterocycles. The third-order valence-corrected chi connectivity index (χ3v) is 3.93. The van der Waals surface area contributed by atoms with Gasteiger partial charge in [-0.15, -0.1) is 0 Å². The van der Waals surface area contributed by atoms with Gasteiger partial charge in [0.05, 0.1) is 16.1 Å². The summed E-state index contributed by atoms with van der Waals surface area (Å²) < 4.78 is 15.6. The molecule has 1 N–H and O–H groups in total. The Balaban J connectivity index is 2.32. The normalized spacial score (nSPS) is 12.0. The molecule has 0 saturated heterocycles. The maximum absolute atomic E-state index is 13.8. The summed E-state index contributed by atoms with van der Waals surface area (Å²) in [5, 5.41) is 9.77. The Morgan fingerprint density at radius 3 is 2.55 bits per heavy atom. The van der Waals surface area contributed by atoms with Gasteiger partial charge in [0.25, 0.3) is 0 Å². The number of hydrogen-bond donors (Lipinski definition) is 1. The largest absolute Gasteiger partial charge is 0.493 e. The minimum atomic E-state index is -0.468. The van der Waals surface area contributed by atoms with Gasteiger partial charge >= 0.3 is 0 Å². The molecular formula is C17H16ClFN2O. The standard InChI is InChI=1S/C17H16ClFN2O/c1-17(2,3)11-9-21(10-4-5-12(18)13(19)8-10)14-6-7-15(22)20-16(11)14/h4-9H,1-3H3,(H,20,22). The summed E-state index contributed by atoms with van der Waals surface area (Å²) in [6.45, 7) is 6.21. The molecule has 0 aliphatic rings. The van der Waals surface area contributed by atoms with Gasteiger partial charge in [0.15, 0.2) is 0 Å². The van der Waals surface area contributed by atoms with Gasteiger partial charge in [-0.25, -0.2) is 9.37 Å². The second-order valence-electron chi connectivity index (χ2n) is 6.30. The average Bonchev–Trinajstić information content (AvgIpc) is 2.80. The van der Waals surface area contributed by atoms with E-state index in [2.05, 4.69) is 25.8 Å². The summed E-state index contributed by atoms with van der Waals surface area (Å²) in [5.74, 6) is -0.497. The van der Waals surface area contributed by atoms with Crippen LogP contribution in [0.4, 0.5) is 4.39 Å². The van der Waals surface area contributed by atoms with Gasteiger partial charge in [-0.05, 0) is 29.7 Å². The maximum atomic E-state index is 13.8. The van der Waals surface area contributed by atoms with Gasteiger partial charge in [-0.1, -0.05) is 32.4 Å². The van der Waals surface area contributed by atoms with E-state index in [1.54, 1.807) is 12.1 Å². The van der Waals surface area contributed by atoms with E-state index in [1.807, 2.05) is 10.8 Å². The number of rotatable bonds is 1. The van der Waals surface area contributed by atoms with Crippen LogP contribution in [0.25, 0.3) is 16.7 Å². The number of halogens is 2. The summed E-state index contributed by atoms with van der Waals surface area (Å²) in [6, 6.07) is 7.98. The molecule has 0 radical (unpaired) electrons. The van der Waals surface area contributed by atoms with E-state index >= 15 is 0 Å². The van der Waals surface area contributed by atoms with Gasteiger partial charge in [-0.3, -0.25) is 0 Å². The van der Waals surface area contributed by atoms with Gasteiger partial charge in [0.1, 0.15) is 5.82 Å². The predicted octanol–water partition coefficient (Wildman–Crippen LogP) is 4.82. The fourth-order valence-corrected chi connectivity index (χ4v) is 2.61. The Morgan fingerprint density at radius 2 is 1.91 bits per heavy atom. The zero-order chi connectivity index (χ0) is 16.1. The lowest BCUT2D eigenvalue weighted by molar-refractivity contribution is 0.455. The Kier molecular flexibility index (Phi) is 3.37. The minimum absolute atomic E-state index is 0.0296. The van der Waals surface area contributed by atoms with E-state index in [0.29, 0.717) is 11.2 Å². The third kappa shape index (κ3) is 2.44. The second-order valence-corrected chi connectivity index (χ2v) is 6.71. The van der Waals surface area contributed by atoms with E-state index < -0.39 is 5.82 Å². The molecule has 3 nitrogen and oxygen atoms in total. The lowest BCUT2D eigenvalue weighted by Crippen LogP contribution is -2.10. The predicted molar refractivity (Wildman–Crippen MR) is 86.4 cm³/mol. The SMILES string of the molecule is CC(C)(C)c1cn(-c2ccc(Cl)c(F)c2)c2ccc(O)nc12. The molecule has 0 saturated carbocycles. The van der Waals surface area contributed by atoms with Crippen molar-refractivity contribution in [3.8, 4) is 11.6 Å². The van der Waals surface area contributed by atoms with Crippen molar-refractivity contribution < 1.29 is 9.50 Å². The highest BCUT2D eigenvalue weighted by atomic mass is 35.5. The number of fused-ring (bicyclic) bond motifs is 1. The van der Waals surface area contributed by atoms with Gasteiger partial charge < -0.3 is 9.67 Å². The molecule has 3 rings (SSSR count). The number of pyridine rings is 1. The zero-order valence-corrected chi connectivity index (χ0v) is 13.3. The number of nitrogens with zero attached hydrogens (tertiary/aromatic N) is 2. The van der Waals surface area contributed by atoms with Crippen molar-refractivity contribution in [1.82, 2.24) is 9.55 Å². The fourth-order valence-electron chi connectivity index (χ4n) is 2.49. The van der Waals surface area contributed by atoms with Crippen LogP contribution in [0.15, 0.2) is 36.5 Å². The van der Waals surface area contributed by atoms with Crippen LogP contribution in [0, 0.1) is 5.82 Å². The first-order valence-corrected chi connectivity index (χ1v) is 7.32. The van der Waals surface area contributed by atoms with Crippen molar-refractivity contribution in [2.75, 3.05) is 0 Å². The van der Waals surface area contributed by atoms with Crippen LogP contribution in [0.5, 0.6) is 5.88 Å². The van der Waals surface area contributed by atoms with Crippen molar-refractivity contribution in [2.24, 2.45) is 0 Å². The van der Waals surface area contributed by atoms with Crippen molar-refractivity contribution >= 4 is 22.6 Å². The highest BCUT2D eigenvalue weighted by Crippen LogP contribution is 2.33. The highest BCUT2D eigenvalue weighted by molar-refractivity contribution is 6.30. The van der Waals surface area contributed by atoms with Crippen molar-refractivity contribution in [3.05, 3.63) is 52.9 Å². The Morgan fingerprint density at radius 1 is 1.18 bits per heavy atom. The lowest BCUT2D eigenvalue weighted by Gasteiger charge is -2.16. The minimum Gasteiger partial charge on any atom is -0.493 e. The Hall–Kier alpha value is -2.07. The topological polar surface area (TPSA) is 38.0 Å². The molecular weight excluding hydrogens is 303 g/mol. The first-order valence-electron chi connectivity index (χ1n) is 6.94. The summed E-state index contributed by atoms with van der Waals surface area (Å²) >= 11 is 5.76. The summed E-state index contributed by atoms with van der Waals surface area (Å²) in [5.41, 5.74) is 3.01. The van der Waals surface area contributed by atoms with Crippen LogP contribution in [-0.2, 0) is 5.41 Å². The number of aromatic hydroxyl groups is 1. The first-order chi connectivity index (χ1) is 10.3. The zero-order valence-electron chi connectivity index (χ0n) is 12.6. The van der Waals surface area contributed by atoms with E-state index in [0.717, 1.165) is 11.1 Å². The van der Waals surface area contributed by atoms with E-state index in [4.69, 9.17) is 11.6 Å². The van der Waals surface area contributed by atoms with E-state index in [-0.39, 0.29) is 16.3 Å². The van der Waals surface area contributed by atoms with E-state index in [9.17, 15) is 9.50 Å². The Bertz CT molecular complexity index is 865. The van der Waals surface area contributed by atoms with Crippen LogP contribution in [-0.4, -0.2) is 14.7 Å². The van der Waals surface area contributed by atoms with Crippen LogP contribution in [0.1, 0.15) is 26.3 Å². The monoisotopic (exact) mass is 318 g/mol. The number of hydrogen-bond acceptors (Lipinski definition) is 2. The lowest BCUT2D eigenvalue weighted by atomic mass is 9.88. The van der Waals surface area contributed by atoms with Crippen molar-refractivity contribution in [1.29, 1.82) is 0 Å². The number of benzene rings is 1. The molecule has 0 aliphatic carbocycles. The van der Waals surface area contributed by atoms with Gasteiger partial charge in [0, 0.05) is 23.5 Å². The van der Waals surface area contributed by atoms with Crippen LogP contribution < -0.4 is 0 Å². The summed E-state index contributed by atoms with van der Waals surface area (Å²) in [4.78, 5) is 4.24.